The molecule has 2 rings (SSSR count). The van der Waals surface area contributed by atoms with E-state index in [4.69, 9.17) is 0 Å². The van der Waals surface area contributed by atoms with Gasteiger partial charge < -0.3 is 5.32 Å². The van der Waals surface area contributed by atoms with Crippen LogP contribution in [0, 0.1) is 22.7 Å². The maximum Gasteiger partial charge on any atom is 0.244 e. The topological polar surface area (TPSA) is 52.9 Å². The van der Waals surface area contributed by atoms with Crippen LogP contribution in [0.3, 0.4) is 0 Å². The summed E-state index contributed by atoms with van der Waals surface area (Å²) in [6.45, 7) is 2.05. The van der Waals surface area contributed by atoms with E-state index in [1.807, 2.05) is 19.1 Å². The second-order valence-electron chi connectivity index (χ2n) is 4.91. The molecule has 3 nitrogen and oxygen atoms in total. The normalized spacial score (nSPS) is 25.3. The summed E-state index contributed by atoms with van der Waals surface area (Å²) < 4.78 is 2.43. The minimum Gasteiger partial charge on any atom is -0.323 e. The number of hydrogen-bond acceptors (Lipinski definition) is 2. The molecule has 6 heteroatoms. The molecule has 1 amide bonds. The zero-order valence-electron chi connectivity index (χ0n) is 10.1. The molecule has 1 saturated carbocycles. The number of nitriles is 1. The van der Waals surface area contributed by atoms with Gasteiger partial charge in [0.15, 0.2) is 0 Å². The molecule has 0 aromatic heterocycles. The van der Waals surface area contributed by atoms with Gasteiger partial charge in [0.25, 0.3) is 0 Å². The van der Waals surface area contributed by atoms with Crippen LogP contribution in [0.5, 0.6) is 0 Å². The molecule has 1 N–H and O–H groups in total. The van der Waals surface area contributed by atoms with Gasteiger partial charge in [-0.05, 0) is 62.8 Å². The van der Waals surface area contributed by atoms with E-state index in [-0.39, 0.29) is 5.91 Å². The Labute approximate surface area is 137 Å². The summed E-state index contributed by atoms with van der Waals surface area (Å²) in [5, 5.41) is 12.1. The molecule has 0 spiro atoms. The summed E-state index contributed by atoms with van der Waals surface area (Å²) in [4.78, 5) is 12.3. The lowest BCUT2D eigenvalue weighted by molar-refractivity contribution is -0.128. The predicted molar refractivity (Wildman–Crippen MR) is 84.6 cm³/mol. The molecule has 0 aliphatic heterocycles. The number of carbonyl (C=O) groups excluding carboxylic acids is 1. The molecule has 1 aliphatic rings. The second kappa shape index (κ2) is 5.55. The lowest BCUT2D eigenvalue weighted by Gasteiger charge is -2.39. The SMILES string of the molecule is CC1CC(C#N)(C(=O)Nc2c(Br)cc(Br)cc2Br)C1. The van der Waals surface area contributed by atoms with Crippen molar-refractivity contribution >= 4 is 59.4 Å². The van der Waals surface area contributed by atoms with Crippen LogP contribution < -0.4 is 5.32 Å². The fourth-order valence-corrected chi connectivity index (χ4v) is 4.81. The van der Waals surface area contributed by atoms with Gasteiger partial charge in [-0.3, -0.25) is 4.79 Å². The Morgan fingerprint density at radius 1 is 1.37 bits per heavy atom. The zero-order valence-corrected chi connectivity index (χ0v) is 14.9. The molecule has 100 valence electrons. The molecule has 0 radical (unpaired) electrons. The van der Waals surface area contributed by atoms with Crippen molar-refractivity contribution in [2.75, 3.05) is 5.32 Å². The summed E-state index contributed by atoms with van der Waals surface area (Å²) in [6.07, 6.45) is 1.25. The van der Waals surface area contributed by atoms with Crippen LogP contribution in [0.15, 0.2) is 25.6 Å². The van der Waals surface area contributed by atoms with Crippen molar-refractivity contribution in [2.45, 2.75) is 19.8 Å². The standard InChI is InChI=1S/C13H11Br3N2O/c1-7-4-13(5-7,6-17)12(19)18-11-9(15)2-8(14)3-10(11)16/h2-3,7H,4-5H2,1H3,(H,18,19). The number of benzene rings is 1. The number of nitrogens with one attached hydrogen (secondary N) is 1. The van der Waals surface area contributed by atoms with Crippen molar-refractivity contribution in [1.29, 1.82) is 5.26 Å². The van der Waals surface area contributed by atoms with Crippen LogP contribution in [0.1, 0.15) is 19.8 Å². The van der Waals surface area contributed by atoms with Gasteiger partial charge in [-0.15, -0.1) is 0 Å². The van der Waals surface area contributed by atoms with Crippen molar-refractivity contribution in [3.05, 3.63) is 25.6 Å². The van der Waals surface area contributed by atoms with E-state index in [1.165, 1.54) is 0 Å². The van der Waals surface area contributed by atoms with E-state index < -0.39 is 5.41 Å². The molecule has 0 unspecified atom stereocenters. The molecule has 1 aliphatic carbocycles. The fourth-order valence-electron chi connectivity index (χ4n) is 2.35. The van der Waals surface area contributed by atoms with Gasteiger partial charge in [0.1, 0.15) is 5.41 Å². The van der Waals surface area contributed by atoms with Gasteiger partial charge in [-0.2, -0.15) is 5.26 Å². The van der Waals surface area contributed by atoms with Crippen LogP contribution in [0.25, 0.3) is 0 Å². The Morgan fingerprint density at radius 2 is 1.89 bits per heavy atom. The van der Waals surface area contributed by atoms with Crippen LogP contribution in [0.2, 0.25) is 0 Å². The maximum atomic E-state index is 12.3. The van der Waals surface area contributed by atoms with E-state index in [1.54, 1.807) is 0 Å². The Bertz CT molecular complexity index is 551. The number of hydrogen-bond donors (Lipinski definition) is 1. The Hall–Kier alpha value is -0.380. The first-order valence-electron chi connectivity index (χ1n) is 5.75. The molecule has 0 saturated heterocycles. The number of halogens is 3. The van der Waals surface area contributed by atoms with Gasteiger partial charge in [0.2, 0.25) is 5.91 Å². The number of anilines is 1. The summed E-state index contributed by atoms with van der Waals surface area (Å²) >= 11 is 10.2. The molecule has 0 atom stereocenters. The highest BCUT2D eigenvalue weighted by atomic mass is 79.9. The van der Waals surface area contributed by atoms with Crippen LogP contribution in [-0.4, -0.2) is 5.91 Å². The average molecular weight is 451 g/mol. The summed E-state index contributed by atoms with van der Waals surface area (Å²) in [7, 11) is 0. The third-order valence-electron chi connectivity index (χ3n) is 3.29. The molecule has 19 heavy (non-hydrogen) atoms. The average Bonchev–Trinajstić information content (AvgIpc) is 2.29. The van der Waals surface area contributed by atoms with E-state index in [0.717, 1.165) is 13.4 Å². The monoisotopic (exact) mass is 448 g/mol. The number of nitrogens with zero attached hydrogens (tertiary/aromatic N) is 1. The van der Waals surface area contributed by atoms with Gasteiger partial charge in [-0.25, -0.2) is 0 Å². The molecular weight excluding hydrogens is 440 g/mol. The number of carbonyl (C=O) groups is 1. The molecule has 1 aromatic rings. The number of amides is 1. The fraction of sp³-hybridized carbons (Fsp3) is 0.385. The smallest absolute Gasteiger partial charge is 0.244 e. The van der Waals surface area contributed by atoms with Crippen LogP contribution in [0.4, 0.5) is 5.69 Å². The highest BCUT2D eigenvalue weighted by molar-refractivity contribution is 9.11. The van der Waals surface area contributed by atoms with E-state index in [0.29, 0.717) is 24.4 Å². The first-order valence-corrected chi connectivity index (χ1v) is 8.13. The van der Waals surface area contributed by atoms with E-state index in [9.17, 15) is 10.1 Å². The first kappa shape index (κ1) is 15.0. The Morgan fingerprint density at radius 3 is 2.32 bits per heavy atom. The summed E-state index contributed by atoms with van der Waals surface area (Å²) in [5.74, 6) is 0.207. The van der Waals surface area contributed by atoms with Gasteiger partial charge in [0, 0.05) is 13.4 Å². The third kappa shape index (κ3) is 2.88. The zero-order chi connectivity index (χ0) is 14.2. The number of rotatable bonds is 2. The third-order valence-corrected chi connectivity index (χ3v) is 5.00. The lowest BCUT2D eigenvalue weighted by Crippen LogP contribution is -2.45. The van der Waals surface area contributed by atoms with Gasteiger partial charge >= 0.3 is 0 Å². The predicted octanol–water partition coefficient (Wildman–Crippen LogP) is 4.85. The minimum atomic E-state index is -0.870. The van der Waals surface area contributed by atoms with Gasteiger partial charge in [-0.1, -0.05) is 22.9 Å². The highest BCUT2D eigenvalue weighted by Gasteiger charge is 2.49. The Kier molecular flexibility index (Phi) is 4.38. The van der Waals surface area contributed by atoms with Crippen molar-refractivity contribution in [3.8, 4) is 6.07 Å². The Balaban J connectivity index is 2.23. The van der Waals surface area contributed by atoms with E-state index >= 15 is 0 Å². The largest absolute Gasteiger partial charge is 0.323 e. The molecule has 1 aromatic carbocycles. The van der Waals surface area contributed by atoms with Crippen molar-refractivity contribution in [1.82, 2.24) is 0 Å². The molecule has 0 heterocycles. The molecule has 0 bridgehead atoms. The maximum absolute atomic E-state index is 12.3. The highest BCUT2D eigenvalue weighted by Crippen LogP contribution is 2.46. The lowest BCUT2D eigenvalue weighted by atomic mass is 9.63. The van der Waals surface area contributed by atoms with Crippen LogP contribution >= 0.6 is 47.8 Å². The van der Waals surface area contributed by atoms with Gasteiger partial charge in [0.05, 0.1) is 11.8 Å². The quantitative estimate of drug-likeness (QED) is 0.700. The molecule has 1 fully saturated rings. The summed E-state index contributed by atoms with van der Waals surface area (Å²) in [6, 6.07) is 5.86. The first-order chi connectivity index (χ1) is 8.88. The van der Waals surface area contributed by atoms with Crippen molar-refractivity contribution in [3.63, 3.8) is 0 Å². The van der Waals surface area contributed by atoms with E-state index in [2.05, 4.69) is 59.2 Å². The van der Waals surface area contributed by atoms with Crippen molar-refractivity contribution in [2.24, 2.45) is 11.3 Å². The minimum absolute atomic E-state index is 0.225. The summed E-state index contributed by atoms with van der Waals surface area (Å²) in [5.41, 5.74) is -0.215. The second-order valence-corrected chi connectivity index (χ2v) is 7.53. The molecular formula is C13H11Br3N2O. The van der Waals surface area contributed by atoms with Crippen molar-refractivity contribution < 1.29 is 4.79 Å². The van der Waals surface area contributed by atoms with Crippen LogP contribution in [-0.2, 0) is 4.79 Å².